The van der Waals surface area contributed by atoms with Gasteiger partial charge in [-0.15, -0.1) is 0 Å². The Kier molecular flexibility index (Phi) is 6.21. The number of imidazole rings is 1. The van der Waals surface area contributed by atoms with Gasteiger partial charge in [0.1, 0.15) is 12.4 Å². The first-order chi connectivity index (χ1) is 14.6. The van der Waals surface area contributed by atoms with Crippen LogP contribution in [-0.2, 0) is 6.54 Å². The molecule has 1 amide bonds. The van der Waals surface area contributed by atoms with Crippen molar-refractivity contribution in [2.45, 2.75) is 58.5 Å². The van der Waals surface area contributed by atoms with Crippen LogP contribution in [0.2, 0.25) is 0 Å². The van der Waals surface area contributed by atoms with E-state index in [2.05, 4.69) is 28.7 Å². The molecular weight excluding hydrogens is 376 g/mol. The number of hydrogen-bond donors (Lipinski definition) is 1. The number of nitrogens with zero attached hydrogens (tertiary/aromatic N) is 3. The Morgan fingerprint density at radius 1 is 1.20 bits per heavy atom. The monoisotopic (exact) mass is 406 g/mol. The first kappa shape index (κ1) is 20.3. The summed E-state index contributed by atoms with van der Waals surface area (Å²) < 4.78 is 10.3. The van der Waals surface area contributed by atoms with E-state index in [9.17, 15) is 4.79 Å². The minimum Gasteiger partial charge on any atom is -0.490 e. The van der Waals surface area contributed by atoms with Gasteiger partial charge in [-0.1, -0.05) is 31.4 Å². The molecule has 158 valence electrons. The van der Waals surface area contributed by atoms with Crippen LogP contribution in [0, 0.1) is 13.8 Å². The van der Waals surface area contributed by atoms with Crippen molar-refractivity contribution >= 4 is 11.6 Å². The van der Waals surface area contributed by atoms with E-state index in [0.29, 0.717) is 30.6 Å². The summed E-state index contributed by atoms with van der Waals surface area (Å²) in [5, 5.41) is 3.06. The lowest BCUT2D eigenvalue weighted by Crippen LogP contribution is -2.17. The standard InChI is InChI=1S/C24H30N4O2/c1-18-16-21(19(2)28(18)20-8-4-3-5-9-20)24(29)26-22-10-6-7-11-23(22)30-15-14-27-13-12-25-17-27/h6-7,10-13,16-17,20H,3-5,8-9,14-15H2,1-2H3,(H,26,29). The zero-order valence-electron chi connectivity index (χ0n) is 17.8. The average Bonchev–Trinajstić information content (AvgIpc) is 3.37. The summed E-state index contributed by atoms with van der Waals surface area (Å²) in [6, 6.07) is 10.1. The maximum atomic E-state index is 13.1. The Hall–Kier alpha value is -3.02. The summed E-state index contributed by atoms with van der Waals surface area (Å²) in [5.74, 6) is 0.586. The lowest BCUT2D eigenvalue weighted by molar-refractivity contribution is 0.102. The number of amides is 1. The van der Waals surface area contributed by atoms with E-state index in [1.807, 2.05) is 41.1 Å². The lowest BCUT2D eigenvalue weighted by Gasteiger charge is -2.26. The molecular formula is C24H30N4O2. The first-order valence-corrected chi connectivity index (χ1v) is 10.8. The molecule has 0 atom stereocenters. The SMILES string of the molecule is Cc1cc(C(=O)Nc2ccccc2OCCn2ccnc2)c(C)n1C1CCCCC1. The largest absolute Gasteiger partial charge is 0.490 e. The highest BCUT2D eigenvalue weighted by atomic mass is 16.5. The van der Waals surface area contributed by atoms with Crippen LogP contribution in [0.15, 0.2) is 49.1 Å². The number of carbonyl (C=O) groups excluding carboxylic acids is 1. The second-order valence-corrected chi connectivity index (χ2v) is 8.05. The number of nitrogens with one attached hydrogen (secondary N) is 1. The maximum Gasteiger partial charge on any atom is 0.257 e. The van der Waals surface area contributed by atoms with Gasteiger partial charge in [-0.3, -0.25) is 4.79 Å². The number of para-hydroxylation sites is 2. The molecule has 3 aromatic rings. The molecule has 0 radical (unpaired) electrons. The fourth-order valence-electron chi connectivity index (χ4n) is 4.47. The zero-order valence-corrected chi connectivity index (χ0v) is 17.8. The molecule has 1 saturated carbocycles. The fraction of sp³-hybridized carbons (Fsp3) is 0.417. The van der Waals surface area contributed by atoms with Crippen molar-refractivity contribution in [3.8, 4) is 5.75 Å². The fourth-order valence-corrected chi connectivity index (χ4v) is 4.47. The van der Waals surface area contributed by atoms with Crippen LogP contribution in [0.3, 0.4) is 0 Å². The number of hydrogen-bond acceptors (Lipinski definition) is 3. The summed E-state index contributed by atoms with van der Waals surface area (Å²) in [7, 11) is 0. The molecule has 0 aliphatic heterocycles. The number of aryl methyl sites for hydroxylation is 1. The molecule has 6 heteroatoms. The van der Waals surface area contributed by atoms with Crippen LogP contribution in [0.4, 0.5) is 5.69 Å². The molecule has 2 heterocycles. The van der Waals surface area contributed by atoms with Gasteiger partial charge in [-0.25, -0.2) is 4.98 Å². The predicted molar refractivity (Wildman–Crippen MR) is 118 cm³/mol. The van der Waals surface area contributed by atoms with Gasteiger partial charge in [0.05, 0.1) is 24.1 Å². The Bertz CT molecular complexity index is 985. The topological polar surface area (TPSA) is 61.1 Å². The van der Waals surface area contributed by atoms with Gasteiger partial charge < -0.3 is 19.2 Å². The predicted octanol–water partition coefficient (Wildman–Crippen LogP) is 5.14. The van der Waals surface area contributed by atoms with Crippen molar-refractivity contribution in [1.29, 1.82) is 0 Å². The van der Waals surface area contributed by atoms with Gasteiger partial charge in [-0.05, 0) is 44.9 Å². The molecule has 0 unspecified atom stereocenters. The van der Waals surface area contributed by atoms with Gasteiger partial charge >= 0.3 is 0 Å². The molecule has 1 aromatic carbocycles. The molecule has 2 aromatic heterocycles. The maximum absolute atomic E-state index is 13.1. The van der Waals surface area contributed by atoms with Crippen LogP contribution < -0.4 is 10.1 Å². The molecule has 1 N–H and O–H groups in total. The Morgan fingerprint density at radius 3 is 2.77 bits per heavy atom. The molecule has 4 rings (SSSR count). The Balaban J connectivity index is 1.46. The molecule has 0 saturated heterocycles. The smallest absolute Gasteiger partial charge is 0.257 e. The second-order valence-electron chi connectivity index (χ2n) is 8.05. The zero-order chi connectivity index (χ0) is 20.9. The average molecular weight is 407 g/mol. The number of aromatic nitrogens is 3. The van der Waals surface area contributed by atoms with Gasteiger partial charge in [0, 0.05) is 29.8 Å². The summed E-state index contributed by atoms with van der Waals surface area (Å²) in [5.41, 5.74) is 3.65. The highest BCUT2D eigenvalue weighted by Crippen LogP contribution is 2.33. The third-order valence-electron chi connectivity index (χ3n) is 5.97. The second kappa shape index (κ2) is 9.20. The van der Waals surface area contributed by atoms with Crippen LogP contribution in [0.1, 0.15) is 59.9 Å². The summed E-state index contributed by atoms with van der Waals surface area (Å²) in [6.07, 6.45) is 11.7. The van der Waals surface area contributed by atoms with Gasteiger partial charge in [-0.2, -0.15) is 0 Å². The van der Waals surface area contributed by atoms with Crippen molar-refractivity contribution in [1.82, 2.24) is 14.1 Å². The molecule has 30 heavy (non-hydrogen) atoms. The van der Waals surface area contributed by atoms with Crippen LogP contribution >= 0.6 is 0 Å². The van der Waals surface area contributed by atoms with E-state index in [1.165, 1.54) is 32.1 Å². The first-order valence-electron chi connectivity index (χ1n) is 10.8. The Morgan fingerprint density at radius 2 is 2.00 bits per heavy atom. The number of rotatable bonds is 7. The Labute approximate surface area is 177 Å². The quantitative estimate of drug-likeness (QED) is 0.591. The lowest BCUT2D eigenvalue weighted by atomic mass is 9.95. The van der Waals surface area contributed by atoms with E-state index in [4.69, 9.17) is 4.74 Å². The van der Waals surface area contributed by atoms with Gasteiger partial charge in [0.2, 0.25) is 0 Å². The number of ether oxygens (including phenoxy) is 1. The molecule has 6 nitrogen and oxygen atoms in total. The molecule has 1 aliphatic carbocycles. The molecule has 0 bridgehead atoms. The van der Waals surface area contributed by atoms with E-state index in [0.717, 1.165) is 17.0 Å². The highest BCUT2D eigenvalue weighted by Gasteiger charge is 2.23. The van der Waals surface area contributed by atoms with Crippen LogP contribution in [-0.4, -0.2) is 26.6 Å². The van der Waals surface area contributed by atoms with E-state index in [-0.39, 0.29) is 5.91 Å². The number of carbonyl (C=O) groups is 1. The molecule has 1 fully saturated rings. The van der Waals surface area contributed by atoms with E-state index < -0.39 is 0 Å². The summed E-state index contributed by atoms with van der Waals surface area (Å²) in [4.78, 5) is 17.1. The van der Waals surface area contributed by atoms with E-state index in [1.54, 1.807) is 12.5 Å². The highest BCUT2D eigenvalue weighted by molar-refractivity contribution is 6.06. The summed E-state index contributed by atoms with van der Waals surface area (Å²) >= 11 is 0. The van der Waals surface area contributed by atoms with Crippen molar-refractivity contribution in [2.75, 3.05) is 11.9 Å². The third kappa shape index (κ3) is 4.42. The van der Waals surface area contributed by atoms with Crippen molar-refractivity contribution in [2.24, 2.45) is 0 Å². The normalized spacial score (nSPS) is 14.6. The van der Waals surface area contributed by atoms with Crippen LogP contribution in [0.5, 0.6) is 5.75 Å². The van der Waals surface area contributed by atoms with Crippen molar-refractivity contribution < 1.29 is 9.53 Å². The van der Waals surface area contributed by atoms with Crippen molar-refractivity contribution in [3.63, 3.8) is 0 Å². The third-order valence-corrected chi connectivity index (χ3v) is 5.97. The number of benzene rings is 1. The minimum atomic E-state index is -0.0872. The minimum absolute atomic E-state index is 0.0872. The van der Waals surface area contributed by atoms with Gasteiger partial charge in [0.25, 0.3) is 5.91 Å². The molecule has 0 spiro atoms. The number of anilines is 1. The van der Waals surface area contributed by atoms with Crippen LogP contribution in [0.25, 0.3) is 0 Å². The summed E-state index contributed by atoms with van der Waals surface area (Å²) in [6.45, 7) is 5.36. The van der Waals surface area contributed by atoms with E-state index >= 15 is 0 Å². The molecule has 1 aliphatic rings. The van der Waals surface area contributed by atoms with Gasteiger partial charge in [0.15, 0.2) is 0 Å². The van der Waals surface area contributed by atoms with Crippen molar-refractivity contribution in [3.05, 3.63) is 66.0 Å².